The fourth-order valence-electron chi connectivity index (χ4n) is 1.82. The van der Waals surface area contributed by atoms with E-state index >= 15 is 0 Å². The number of benzene rings is 1. The molecule has 0 aliphatic heterocycles. The van der Waals surface area contributed by atoms with Crippen molar-refractivity contribution in [3.05, 3.63) is 71.8 Å². The predicted octanol–water partition coefficient (Wildman–Crippen LogP) is 4.32. The first kappa shape index (κ1) is 12.5. The lowest BCUT2D eigenvalue weighted by atomic mass is 9.96. The summed E-state index contributed by atoms with van der Waals surface area (Å²) in [6, 6.07) is 4.55. The van der Waals surface area contributed by atoms with Crippen molar-refractivity contribution in [3.63, 3.8) is 0 Å². The molecule has 16 heavy (non-hydrogen) atoms. The minimum Gasteiger partial charge on any atom is -0.103 e. The Balaban J connectivity index is 2.95. The van der Waals surface area contributed by atoms with Crippen LogP contribution in [0.3, 0.4) is 0 Å². The SMILES string of the molecule is C=CC=CCc1cc(C)c(CC=C)cc1C. The topological polar surface area (TPSA) is 0 Å². The first-order valence-corrected chi connectivity index (χ1v) is 5.66. The molecule has 0 saturated carbocycles. The van der Waals surface area contributed by atoms with Crippen molar-refractivity contribution in [1.82, 2.24) is 0 Å². The molecule has 0 atom stereocenters. The van der Waals surface area contributed by atoms with E-state index in [1.54, 1.807) is 0 Å². The molecule has 0 spiro atoms. The number of hydrogen-bond acceptors (Lipinski definition) is 0. The van der Waals surface area contributed by atoms with Gasteiger partial charge in [-0.15, -0.1) is 6.58 Å². The number of hydrogen-bond donors (Lipinski definition) is 0. The van der Waals surface area contributed by atoms with Gasteiger partial charge in [-0.3, -0.25) is 0 Å². The van der Waals surface area contributed by atoms with E-state index in [-0.39, 0.29) is 0 Å². The molecule has 0 aromatic heterocycles. The summed E-state index contributed by atoms with van der Waals surface area (Å²) in [6.45, 7) is 11.8. The van der Waals surface area contributed by atoms with Crippen LogP contribution in [0.4, 0.5) is 0 Å². The Morgan fingerprint density at radius 1 is 1.00 bits per heavy atom. The van der Waals surface area contributed by atoms with Gasteiger partial charge in [0.2, 0.25) is 0 Å². The van der Waals surface area contributed by atoms with Crippen LogP contribution in [0.15, 0.2) is 49.6 Å². The van der Waals surface area contributed by atoms with Crippen molar-refractivity contribution in [2.45, 2.75) is 26.7 Å². The Kier molecular flexibility index (Phi) is 4.78. The summed E-state index contributed by atoms with van der Waals surface area (Å²) >= 11 is 0. The highest BCUT2D eigenvalue weighted by atomic mass is 14.1. The predicted molar refractivity (Wildman–Crippen MR) is 72.9 cm³/mol. The Morgan fingerprint density at radius 3 is 2.06 bits per heavy atom. The van der Waals surface area contributed by atoms with Crippen LogP contribution in [0.1, 0.15) is 22.3 Å². The largest absolute Gasteiger partial charge is 0.103 e. The molecule has 1 aromatic carbocycles. The minimum absolute atomic E-state index is 0.954. The molecular weight excluding hydrogens is 192 g/mol. The van der Waals surface area contributed by atoms with Gasteiger partial charge in [-0.05, 0) is 48.9 Å². The fraction of sp³-hybridized carbons (Fsp3) is 0.250. The van der Waals surface area contributed by atoms with Crippen molar-refractivity contribution < 1.29 is 0 Å². The molecule has 0 radical (unpaired) electrons. The van der Waals surface area contributed by atoms with E-state index < -0.39 is 0 Å². The van der Waals surface area contributed by atoms with Crippen LogP contribution in [-0.4, -0.2) is 0 Å². The Labute approximate surface area is 99.0 Å². The summed E-state index contributed by atoms with van der Waals surface area (Å²) in [7, 11) is 0. The van der Waals surface area contributed by atoms with E-state index in [1.165, 1.54) is 22.3 Å². The minimum atomic E-state index is 0.954. The molecule has 0 saturated heterocycles. The first-order chi connectivity index (χ1) is 7.69. The molecule has 0 amide bonds. The molecule has 0 unspecified atom stereocenters. The monoisotopic (exact) mass is 212 g/mol. The molecule has 0 fully saturated rings. The van der Waals surface area contributed by atoms with Crippen molar-refractivity contribution in [2.75, 3.05) is 0 Å². The van der Waals surface area contributed by atoms with Crippen molar-refractivity contribution in [3.8, 4) is 0 Å². The van der Waals surface area contributed by atoms with E-state index in [0.29, 0.717) is 0 Å². The lowest BCUT2D eigenvalue weighted by Gasteiger charge is -2.09. The molecule has 1 rings (SSSR count). The van der Waals surface area contributed by atoms with Gasteiger partial charge >= 0.3 is 0 Å². The van der Waals surface area contributed by atoms with E-state index in [9.17, 15) is 0 Å². The zero-order chi connectivity index (χ0) is 12.0. The molecule has 0 aliphatic carbocycles. The van der Waals surface area contributed by atoms with Gasteiger partial charge in [0.05, 0.1) is 0 Å². The lowest BCUT2D eigenvalue weighted by Crippen LogP contribution is -1.94. The van der Waals surface area contributed by atoms with E-state index in [2.05, 4.69) is 45.2 Å². The third kappa shape index (κ3) is 3.23. The van der Waals surface area contributed by atoms with Gasteiger partial charge in [0.1, 0.15) is 0 Å². The summed E-state index contributed by atoms with van der Waals surface area (Å²) in [5.74, 6) is 0. The second kappa shape index (κ2) is 6.12. The molecule has 84 valence electrons. The van der Waals surface area contributed by atoms with Crippen LogP contribution in [0.5, 0.6) is 0 Å². The van der Waals surface area contributed by atoms with Gasteiger partial charge in [0, 0.05) is 0 Å². The molecule has 1 aromatic rings. The summed E-state index contributed by atoms with van der Waals surface area (Å²) < 4.78 is 0. The van der Waals surface area contributed by atoms with Crippen LogP contribution in [0, 0.1) is 13.8 Å². The fourth-order valence-corrected chi connectivity index (χ4v) is 1.82. The standard InChI is InChI=1S/C16H20/c1-5-7-8-10-16-12-13(3)15(9-6-2)11-14(16)4/h5-8,11-12H,1-2,9-10H2,3-4H3. The Morgan fingerprint density at radius 2 is 1.56 bits per heavy atom. The van der Waals surface area contributed by atoms with E-state index in [4.69, 9.17) is 0 Å². The van der Waals surface area contributed by atoms with Crippen LogP contribution < -0.4 is 0 Å². The van der Waals surface area contributed by atoms with Gasteiger partial charge in [-0.25, -0.2) is 0 Å². The van der Waals surface area contributed by atoms with Crippen LogP contribution in [-0.2, 0) is 12.8 Å². The molecule has 0 heteroatoms. The number of allylic oxidation sites excluding steroid dienone is 4. The van der Waals surface area contributed by atoms with Gasteiger partial charge < -0.3 is 0 Å². The third-order valence-electron chi connectivity index (χ3n) is 2.77. The summed E-state index contributed by atoms with van der Waals surface area (Å²) in [5.41, 5.74) is 5.48. The zero-order valence-electron chi connectivity index (χ0n) is 10.3. The van der Waals surface area contributed by atoms with Gasteiger partial charge in [0.15, 0.2) is 0 Å². The highest BCUT2D eigenvalue weighted by molar-refractivity contribution is 5.39. The summed E-state index contributed by atoms with van der Waals surface area (Å²) in [5, 5.41) is 0. The van der Waals surface area contributed by atoms with Crippen LogP contribution in [0.25, 0.3) is 0 Å². The number of rotatable bonds is 5. The highest BCUT2D eigenvalue weighted by Gasteiger charge is 2.02. The van der Waals surface area contributed by atoms with Crippen molar-refractivity contribution >= 4 is 0 Å². The summed E-state index contributed by atoms with van der Waals surface area (Å²) in [6.07, 6.45) is 9.84. The number of aryl methyl sites for hydroxylation is 2. The van der Waals surface area contributed by atoms with Crippen LogP contribution >= 0.6 is 0 Å². The lowest BCUT2D eigenvalue weighted by molar-refractivity contribution is 1.14. The van der Waals surface area contributed by atoms with Crippen molar-refractivity contribution in [2.24, 2.45) is 0 Å². The average Bonchev–Trinajstić information content (AvgIpc) is 2.25. The van der Waals surface area contributed by atoms with Crippen molar-refractivity contribution in [1.29, 1.82) is 0 Å². The molecule has 0 N–H and O–H groups in total. The van der Waals surface area contributed by atoms with Gasteiger partial charge in [0.25, 0.3) is 0 Å². The average molecular weight is 212 g/mol. The maximum Gasteiger partial charge on any atom is -0.00916 e. The first-order valence-electron chi connectivity index (χ1n) is 5.66. The van der Waals surface area contributed by atoms with E-state index in [1.807, 2.05) is 18.2 Å². The molecule has 0 nitrogen and oxygen atoms in total. The maximum atomic E-state index is 3.79. The smallest absolute Gasteiger partial charge is 0.00916 e. The molecule has 0 bridgehead atoms. The second-order valence-electron chi connectivity index (χ2n) is 4.07. The Bertz CT molecular complexity index is 408. The second-order valence-corrected chi connectivity index (χ2v) is 4.07. The zero-order valence-corrected chi connectivity index (χ0v) is 10.3. The van der Waals surface area contributed by atoms with Gasteiger partial charge in [-0.2, -0.15) is 0 Å². The highest BCUT2D eigenvalue weighted by Crippen LogP contribution is 2.17. The van der Waals surface area contributed by atoms with Gasteiger partial charge in [-0.1, -0.05) is 43.0 Å². The normalized spacial score (nSPS) is 10.6. The molecule has 0 heterocycles. The molecule has 0 aliphatic rings. The Hall–Kier alpha value is -1.56. The molecular formula is C16H20. The van der Waals surface area contributed by atoms with E-state index in [0.717, 1.165) is 12.8 Å². The summed E-state index contributed by atoms with van der Waals surface area (Å²) in [4.78, 5) is 0. The third-order valence-corrected chi connectivity index (χ3v) is 2.77. The van der Waals surface area contributed by atoms with Crippen LogP contribution in [0.2, 0.25) is 0 Å². The quantitative estimate of drug-likeness (QED) is 0.504. The maximum absolute atomic E-state index is 3.79.